The molecule has 0 saturated carbocycles. The average molecular weight is 253 g/mol. The molecule has 0 aromatic heterocycles. The molecule has 0 aliphatic rings. The Balaban J connectivity index is 2.88. The molecular weight excluding hydrogens is 242 g/mol. The molecule has 0 N–H and O–H groups in total. The van der Waals surface area contributed by atoms with Gasteiger partial charge < -0.3 is 4.74 Å². The number of allylic oxidation sites excluding steroid dienone is 1. The number of hydrogen-bond donors (Lipinski definition) is 0. The first-order valence-electron chi connectivity index (χ1n) is 4.96. The van der Waals surface area contributed by atoms with E-state index in [1.807, 2.05) is 6.07 Å². The van der Waals surface area contributed by atoms with Crippen LogP contribution in [0.15, 0.2) is 36.0 Å². The van der Waals surface area contributed by atoms with Gasteiger partial charge in [0.2, 0.25) is 0 Å². The second-order valence-corrected chi connectivity index (χ2v) is 3.36. The summed E-state index contributed by atoms with van der Waals surface area (Å²) >= 11 is 5.65. The van der Waals surface area contributed by atoms with Crippen LogP contribution in [-0.4, -0.2) is 23.4 Å². The van der Waals surface area contributed by atoms with E-state index >= 15 is 0 Å². The van der Waals surface area contributed by atoms with Crippen LogP contribution in [0, 0.1) is 0 Å². The molecule has 17 heavy (non-hydrogen) atoms. The maximum Gasteiger partial charge on any atom is 0.429 e. The lowest BCUT2D eigenvalue weighted by atomic mass is 10.2. The maximum atomic E-state index is 11.3. The zero-order valence-corrected chi connectivity index (χ0v) is 9.98. The van der Waals surface area contributed by atoms with E-state index in [2.05, 4.69) is 4.74 Å². The Labute approximate surface area is 105 Å². The van der Waals surface area contributed by atoms with Crippen molar-refractivity contribution < 1.29 is 14.3 Å². The lowest BCUT2D eigenvalue weighted by Crippen LogP contribution is -2.22. The molecule has 1 rings (SSSR count). The van der Waals surface area contributed by atoms with E-state index in [1.165, 1.54) is 6.08 Å². The number of carbonyl (C=O) groups is 1. The van der Waals surface area contributed by atoms with Gasteiger partial charge in [0.05, 0.1) is 6.61 Å². The lowest BCUT2D eigenvalue weighted by molar-refractivity contribution is 0.139. The predicted octanol–water partition coefficient (Wildman–Crippen LogP) is 2.75. The molecule has 0 heterocycles. The first-order valence-corrected chi connectivity index (χ1v) is 5.30. The third-order valence-electron chi connectivity index (χ3n) is 1.85. The molecule has 1 radical (unpaired) electrons. The molecule has 5 heteroatoms. The lowest BCUT2D eigenvalue weighted by Gasteiger charge is -2.11. The van der Waals surface area contributed by atoms with Crippen LogP contribution in [0.2, 0.25) is 0 Å². The highest BCUT2D eigenvalue weighted by Gasteiger charge is 2.17. The van der Waals surface area contributed by atoms with Gasteiger partial charge in [-0.25, -0.2) is 4.79 Å². The molecule has 89 valence electrons. The predicted molar refractivity (Wildman–Crippen MR) is 64.8 cm³/mol. The van der Waals surface area contributed by atoms with Crippen LogP contribution in [0.5, 0.6) is 0 Å². The van der Waals surface area contributed by atoms with Crippen molar-refractivity contribution in [1.82, 2.24) is 4.42 Å². The van der Waals surface area contributed by atoms with Crippen LogP contribution < -0.4 is 0 Å². The fourth-order valence-corrected chi connectivity index (χ4v) is 1.24. The van der Waals surface area contributed by atoms with Crippen molar-refractivity contribution >= 4 is 30.2 Å². The Morgan fingerprint density at radius 2 is 2.12 bits per heavy atom. The van der Waals surface area contributed by atoms with E-state index < -0.39 is 6.09 Å². The summed E-state index contributed by atoms with van der Waals surface area (Å²) in [5, 5.41) is 0. The molecule has 0 spiro atoms. The van der Waals surface area contributed by atoms with Crippen molar-refractivity contribution in [2.24, 2.45) is 0 Å². The molecule has 0 bridgehead atoms. The summed E-state index contributed by atoms with van der Waals surface area (Å²) in [6.45, 7) is 1.83. The molecule has 4 nitrogen and oxygen atoms in total. The number of ether oxygens (including phenoxy) is 1. The van der Waals surface area contributed by atoms with Gasteiger partial charge in [-0.3, -0.25) is 4.79 Å². The van der Waals surface area contributed by atoms with Crippen molar-refractivity contribution in [2.45, 2.75) is 6.92 Å². The fourth-order valence-electron chi connectivity index (χ4n) is 1.11. The van der Waals surface area contributed by atoms with Crippen molar-refractivity contribution in [3.8, 4) is 0 Å². The van der Waals surface area contributed by atoms with Crippen LogP contribution in [0.25, 0.3) is 6.08 Å². The van der Waals surface area contributed by atoms with E-state index in [4.69, 9.17) is 11.8 Å². The van der Waals surface area contributed by atoms with Gasteiger partial charge >= 0.3 is 6.09 Å². The zero-order chi connectivity index (χ0) is 12.7. The van der Waals surface area contributed by atoms with Gasteiger partial charge in [-0.15, -0.1) is 0 Å². The first kappa shape index (κ1) is 13.3. The van der Waals surface area contributed by atoms with Crippen molar-refractivity contribution in [3.63, 3.8) is 0 Å². The van der Waals surface area contributed by atoms with Crippen LogP contribution in [0.4, 0.5) is 4.79 Å². The summed E-state index contributed by atoms with van der Waals surface area (Å²) in [6.07, 6.45) is 2.23. The van der Waals surface area contributed by atoms with E-state index in [9.17, 15) is 9.59 Å². The van der Waals surface area contributed by atoms with Crippen LogP contribution in [0.1, 0.15) is 12.5 Å². The van der Waals surface area contributed by atoms with Gasteiger partial charge in [-0.05, 0) is 18.6 Å². The van der Waals surface area contributed by atoms with Crippen LogP contribution in [-0.2, 0) is 9.53 Å². The normalized spacial score (nSPS) is 10.8. The standard InChI is InChI=1S/C12H11ClNO3/c1-2-17-12(16)14(13)11(9-15)8-10-6-4-3-5-7-10/h3-8H,2H2,1H3. The number of amides is 1. The van der Waals surface area contributed by atoms with Gasteiger partial charge in [0.1, 0.15) is 5.70 Å². The van der Waals surface area contributed by atoms with Crippen molar-refractivity contribution in [2.75, 3.05) is 6.61 Å². The molecule has 0 aliphatic carbocycles. The first-order chi connectivity index (χ1) is 8.19. The molecule has 0 aliphatic heterocycles. The number of rotatable bonds is 4. The van der Waals surface area contributed by atoms with Crippen LogP contribution in [0.3, 0.4) is 0 Å². The third kappa shape index (κ3) is 3.92. The monoisotopic (exact) mass is 252 g/mol. The molecule has 0 fully saturated rings. The molecule has 0 saturated heterocycles. The van der Waals surface area contributed by atoms with Gasteiger partial charge in [0, 0.05) is 11.8 Å². The topological polar surface area (TPSA) is 46.6 Å². The highest BCUT2D eigenvalue weighted by Crippen LogP contribution is 2.13. The summed E-state index contributed by atoms with van der Waals surface area (Å²) in [5.41, 5.74) is 0.636. The molecule has 0 atom stereocenters. The van der Waals surface area contributed by atoms with E-state index in [-0.39, 0.29) is 12.3 Å². The average Bonchev–Trinajstić information content (AvgIpc) is 2.36. The minimum atomic E-state index is -0.806. The Hall–Kier alpha value is -1.81. The van der Waals surface area contributed by atoms with E-state index in [0.29, 0.717) is 4.42 Å². The largest absolute Gasteiger partial charge is 0.449 e. The second-order valence-electron chi connectivity index (χ2n) is 3.02. The maximum absolute atomic E-state index is 11.3. The molecule has 1 aromatic carbocycles. The summed E-state index contributed by atoms with van der Waals surface area (Å²) < 4.78 is 5.26. The number of benzene rings is 1. The summed E-state index contributed by atoms with van der Waals surface area (Å²) in [6, 6.07) is 8.99. The van der Waals surface area contributed by atoms with Crippen LogP contribution >= 0.6 is 11.8 Å². The highest BCUT2D eigenvalue weighted by molar-refractivity contribution is 6.23. The van der Waals surface area contributed by atoms with Gasteiger partial charge in [0.15, 0.2) is 0 Å². The highest BCUT2D eigenvalue weighted by atomic mass is 35.5. The quantitative estimate of drug-likeness (QED) is 0.611. The van der Waals surface area contributed by atoms with Crippen molar-refractivity contribution in [1.29, 1.82) is 0 Å². The van der Waals surface area contributed by atoms with Gasteiger partial charge in [0.25, 0.3) is 6.29 Å². The molecule has 1 aromatic rings. The zero-order valence-electron chi connectivity index (χ0n) is 9.22. The van der Waals surface area contributed by atoms with Gasteiger partial charge in [-0.1, -0.05) is 30.3 Å². The Morgan fingerprint density at radius 1 is 1.47 bits per heavy atom. The Bertz CT molecular complexity index is 417. The van der Waals surface area contributed by atoms with E-state index in [1.54, 1.807) is 37.5 Å². The number of carbonyl (C=O) groups excluding carboxylic acids is 2. The summed E-state index contributed by atoms with van der Waals surface area (Å²) in [4.78, 5) is 22.0. The number of nitrogens with zero attached hydrogens (tertiary/aromatic N) is 1. The number of halogens is 1. The van der Waals surface area contributed by atoms with Crippen molar-refractivity contribution in [3.05, 3.63) is 41.6 Å². The summed E-state index contributed by atoms with van der Waals surface area (Å²) in [7, 11) is 0. The minimum absolute atomic E-state index is 0.101. The Kier molecular flexibility index (Phi) is 5.23. The van der Waals surface area contributed by atoms with Gasteiger partial charge in [-0.2, -0.15) is 4.42 Å². The smallest absolute Gasteiger partial charge is 0.429 e. The number of hydrogen-bond acceptors (Lipinski definition) is 3. The minimum Gasteiger partial charge on any atom is -0.449 e. The summed E-state index contributed by atoms with van der Waals surface area (Å²) in [5.74, 6) is 0. The SMILES string of the molecule is CCOC(=O)N(Cl)C([C]=O)=Cc1ccccc1. The third-order valence-corrected chi connectivity index (χ3v) is 2.17. The molecule has 0 unspecified atom stereocenters. The second kappa shape index (κ2) is 6.70. The molecule has 1 amide bonds. The fraction of sp³-hybridized carbons (Fsp3) is 0.167. The Morgan fingerprint density at radius 3 is 2.65 bits per heavy atom. The molecular formula is C12H11ClNO3. The van der Waals surface area contributed by atoms with E-state index in [0.717, 1.165) is 5.56 Å².